The first-order valence-electron chi connectivity index (χ1n) is 6.52. The van der Waals surface area contributed by atoms with Crippen molar-refractivity contribution in [2.24, 2.45) is 5.73 Å². The van der Waals surface area contributed by atoms with Gasteiger partial charge in [0, 0.05) is 11.5 Å². The zero-order chi connectivity index (χ0) is 13.3. The Hall–Kier alpha value is -1.22. The van der Waals surface area contributed by atoms with Gasteiger partial charge in [-0.2, -0.15) is 0 Å². The van der Waals surface area contributed by atoms with Crippen molar-refractivity contribution in [3.05, 3.63) is 23.3 Å². The molecule has 0 atom stereocenters. The smallest absolute Gasteiger partial charge is 0.231 e. The molecule has 68 valence electrons. The van der Waals surface area contributed by atoms with Crippen LogP contribution in [0.5, 0.6) is 11.5 Å². The van der Waals surface area contributed by atoms with E-state index in [2.05, 4.69) is 0 Å². The first kappa shape index (κ1) is 3.88. The quantitative estimate of drug-likeness (QED) is 0.646. The molecule has 1 aromatic rings. The van der Waals surface area contributed by atoms with E-state index in [4.69, 9.17) is 22.1 Å². The zero-order valence-electron chi connectivity index (χ0n) is 11.7. The van der Waals surface area contributed by atoms with Gasteiger partial charge in [0.2, 0.25) is 6.77 Å². The lowest BCUT2D eigenvalue weighted by atomic mass is 10.1. The van der Waals surface area contributed by atoms with Crippen molar-refractivity contribution in [3.63, 3.8) is 0 Å². The van der Waals surface area contributed by atoms with Gasteiger partial charge in [-0.1, -0.05) is 0 Å². The molecule has 0 aromatic heterocycles. The minimum atomic E-state index is -1.97. The van der Waals surface area contributed by atoms with Crippen molar-refractivity contribution in [2.75, 3.05) is 6.77 Å². The fraction of sp³-hybridized carbons (Fsp3) is 0.400. The molecule has 0 bridgehead atoms. The maximum atomic E-state index is 7.90. The Balaban J connectivity index is 2.22. The first-order chi connectivity index (χ1) is 8.24. The first-order valence-corrected chi connectivity index (χ1v) is 3.95. The van der Waals surface area contributed by atoms with Crippen LogP contribution in [-0.2, 0) is 12.7 Å². The molecule has 0 radical (unpaired) electrons. The normalized spacial score (nSPS) is 34.1. The monoisotopic (exact) mass is 182 g/mol. The summed E-state index contributed by atoms with van der Waals surface area (Å²) in [7, 11) is 0. The highest BCUT2D eigenvalue weighted by Crippen LogP contribution is 2.37. The minimum Gasteiger partial charge on any atom is -0.454 e. The number of fused-ring (bicyclic) bond motifs is 2. The molecular formula is C10H11NO2. The predicted molar refractivity (Wildman–Crippen MR) is 47.9 cm³/mol. The van der Waals surface area contributed by atoms with Crippen molar-refractivity contribution < 1.29 is 16.3 Å². The van der Waals surface area contributed by atoms with Crippen LogP contribution in [0.1, 0.15) is 18.0 Å². The minimum absolute atomic E-state index is 0.163. The number of hydrogen-bond donors (Lipinski definition) is 1. The van der Waals surface area contributed by atoms with Gasteiger partial charge in [0.1, 0.15) is 1.37 Å². The third-order valence-corrected chi connectivity index (χ3v) is 2.06. The molecule has 1 aromatic carbocycles. The van der Waals surface area contributed by atoms with E-state index in [1.807, 2.05) is 0 Å². The van der Waals surface area contributed by atoms with E-state index < -0.39 is 25.6 Å². The van der Waals surface area contributed by atoms with Crippen LogP contribution < -0.4 is 15.2 Å². The van der Waals surface area contributed by atoms with Crippen molar-refractivity contribution >= 4 is 0 Å². The Bertz CT molecular complexity index is 488. The average molecular weight is 182 g/mol. The Morgan fingerprint density at radius 1 is 1.23 bits per heavy atom. The second-order valence-corrected chi connectivity index (χ2v) is 2.94. The van der Waals surface area contributed by atoms with E-state index in [-0.39, 0.29) is 22.6 Å². The number of nitrogens with two attached hydrogens (primary N) is 1. The molecule has 2 aliphatic rings. The summed E-state index contributed by atoms with van der Waals surface area (Å²) in [5, 5.41) is 0. The highest BCUT2D eigenvalue weighted by Gasteiger charge is 2.23. The fourth-order valence-corrected chi connectivity index (χ4v) is 1.48. The molecule has 0 saturated heterocycles. The SMILES string of the molecule is [2H]C1Oc2cc3c(cc2O1)C([2H])([2H])C(N)C3([2H])[2H]. The van der Waals surface area contributed by atoms with Crippen molar-refractivity contribution in [1.82, 2.24) is 0 Å². The molecule has 2 N–H and O–H groups in total. The van der Waals surface area contributed by atoms with Gasteiger partial charge in [0.15, 0.2) is 11.5 Å². The summed E-state index contributed by atoms with van der Waals surface area (Å²) in [5.74, 6) is 0.505. The topological polar surface area (TPSA) is 44.5 Å². The van der Waals surface area contributed by atoms with Crippen LogP contribution in [-0.4, -0.2) is 12.8 Å². The van der Waals surface area contributed by atoms with Gasteiger partial charge in [0.05, 0.1) is 0 Å². The molecule has 0 fully saturated rings. The summed E-state index contributed by atoms with van der Waals surface area (Å²) in [5.41, 5.74) is 5.99. The summed E-state index contributed by atoms with van der Waals surface area (Å²) < 4.78 is 49.0. The van der Waals surface area contributed by atoms with Gasteiger partial charge in [-0.15, -0.1) is 0 Å². The highest BCUT2D eigenvalue weighted by atomic mass is 16.7. The molecule has 0 saturated carbocycles. The molecule has 0 amide bonds. The van der Waals surface area contributed by atoms with Crippen molar-refractivity contribution in [2.45, 2.75) is 18.8 Å². The Kier molecular flexibility index (Phi) is 0.713. The molecule has 1 aliphatic carbocycles. The molecule has 0 unspecified atom stereocenters. The molecule has 3 nitrogen and oxygen atoms in total. The van der Waals surface area contributed by atoms with Crippen molar-refractivity contribution in [1.29, 1.82) is 0 Å². The second-order valence-electron chi connectivity index (χ2n) is 2.94. The third kappa shape index (κ3) is 1.00. The van der Waals surface area contributed by atoms with Crippen LogP contribution in [0.3, 0.4) is 0 Å². The van der Waals surface area contributed by atoms with Gasteiger partial charge in [-0.05, 0) is 36.0 Å². The van der Waals surface area contributed by atoms with E-state index in [1.54, 1.807) is 0 Å². The van der Waals surface area contributed by atoms with E-state index in [1.165, 1.54) is 12.1 Å². The van der Waals surface area contributed by atoms with E-state index in [0.717, 1.165) is 0 Å². The number of hydrogen-bond acceptors (Lipinski definition) is 3. The third-order valence-electron chi connectivity index (χ3n) is 2.06. The molecule has 13 heavy (non-hydrogen) atoms. The molecule has 1 aliphatic heterocycles. The van der Waals surface area contributed by atoms with Crippen LogP contribution >= 0.6 is 0 Å². The van der Waals surface area contributed by atoms with Crippen LogP contribution in [0.25, 0.3) is 0 Å². The van der Waals surface area contributed by atoms with Crippen LogP contribution in [0.2, 0.25) is 0 Å². The van der Waals surface area contributed by atoms with Gasteiger partial charge >= 0.3 is 0 Å². The summed E-state index contributed by atoms with van der Waals surface area (Å²) in [6.45, 7) is -1.19. The van der Waals surface area contributed by atoms with Gasteiger partial charge in [0.25, 0.3) is 0 Å². The Morgan fingerprint density at radius 2 is 1.77 bits per heavy atom. The summed E-state index contributed by atoms with van der Waals surface area (Å²) in [4.78, 5) is 0. The van der Waals surface area contributed by atoms with Gasteiger partial charge < -0.3 is 15.2 Å². The largest absolute Gasteiger partial charge is 0.454 e. The van der Waals surface area contributed by atoms with Crippen molar-refractivity contribution in [3.8, 4) is 11.5 Å². The number of ether oxygens (including phenoxy) is 2. The Morgan fingerprint density at radius 3 is 2.31 bits per heavy atom. The Labute approximate surface area is 83.5 Å². The van der Waals surface area contributed by atoms with E-state index in [9.17, 15) is 0 Å². The van der Waals surface area contributed by atoms with Crippen LogP contribution in [0.4, 0.5) is 0 Å². The summed E-state index contributed by atoms with van der Waals surface area (Å²) >= 11 is 0. The number of rotatable bonds is 0. The lowest BCUT2D eigenvalue weighted by molar-refractivity contribution is 0.174. The highest BCUT2D eigenvalue weighted by molar-refractivity contribution is 5.50. The lowest BCUT2D eigenvalue weighted by Crippen LogP contribution is -2.19. The van der Waals surface area contributed by atoms with Gasteiger partial charge in [-0.3, -0.25) is 0 Å². The average Bonchev–Trinajstić information content (AvgIpc) is 2.69. The second kappa shape index (κ2) is 2.39. The molecule has 3 rings (SSSR count). The van der Waals surface area contributed by atoms with Crippen LogP contribution in [0, 0.1) is 0 Å². The number of benzene rings is 1. The van der Waals surface area contributed by atoms with E-state index in [0.29, 0.717) is 0 Å². The zero-order valence-corrected chi connectivity index (χ0v) is 6.70. The van der Waals surface area contributed by atoms with E-state index >= 15 is 0 Å². The standard InChI is InChI=1S/C10H11NO2/c11-8-1-6-3-9-10(13-5-12-9)4-7(6)2-8/h3-4,8H,1-2,5,11H2/i1D2,2D2,5D. The summed E-state index contributed by atoms with van der Waals surface area (Å²) in [6.07, 6.45) is -3.95. The summed E-state index contributed by atoms with van der Waals surface area (Å²) in [6, 6.07) is 1.47. The maximum Gasteiger partial charge on any atom is 0.231 e. The molecule has 1 heterocycles. The fourth-order valence-electron chi connectivity index (χ4n) is 1.48. The lowest BCUT2D eigenvalue weighted by Gasteiger charge is -2.00. The molecular weight excluding hydrogens is 166 g/mol. The maximum absolute atomic E-state index is 7.90. The molecule has 0 spiro atoms. The van der Waals surface area contributed by atoms with Crippen LogP contribution in [0.15, 0.2) is 12.1 Å². The molecule has 3 heteroatoms. The van der Waals surface area contributed by atoms with Gasteiger partial charge in [-0.25, -0.2) is 0 Å². The predicted octanol–water partition coefficient (Wildman–Crippen LogP) is 0.841.